The SMILES string of the molecule is CN(Cc1cccc(F)c1)C1=NCC(c2ccccc2)N1.I. The van der Waals surface area contributed by atoms with Gasteiger partial charge >= 0.3 is 0 Å². The highest BCUT2D eigenvalue weighted by Gasteiger charge is 2.21. The van der Waals surface area contributed by atoms with Crippen LogP contribution in [0.2, 0.25) is 0 Å². The number of aliphatic imine (C=N–C) groups is 1. The molecule has 0 bridgehead atoms. The molecule has 5 heteroatoms. The molecule has 0 fully saturated rings. The highest BCUT2D eigenvalue weighted by Crippen LogP contribution is 2.18. The van der Waals surface area contributed by atoms with Crippen LogP contribution in [0.4, 0.5) is 4.39 Å². The third kappa shape index (κ3) is 3.97. The first-order valence-electron chi connectivity index (χ1n) is 7.04. The summed E-state index contributed by atoms with van der Waals surface area (Å²) in [7, 11) is 1.96. The predicted molar refractivity (Wildman–Crippen MR) is 97.9 cm³/mol. The predicted octanol–water partition coefficient (Wildman–Crippen LogP) is 3.58. The minimum absolute atomic E-state index is 0. The molecule has 1 aliphatic rings. The van der Waals surface area contributed by atoms with Gasteiger partial charge in [0.1, 0.15) is 5.82 Å². The molecule has 2 aromatic rings. The molecule has 1 N–H and O–H groups in total. The van der Waals surface area contributed by atoms with Gasteiger partial charge in [-0.25, -0.2) is 4.39 Å². The Morgan fingerprint density at radius 1 is 1.18 bits per heavy atom. The van der Waals surface area contributed by atoms with Gasteiger partial charge in [0.15, 0.2) is 5.96 Å². The summed E-state index contributed by atoms with van der Waals surface area (Å²) >= 11 is 0. The summed E-state index contributed by atoms with van der Waals surface area (Å²) < 4.78 is 13.2. The monoisotopic (exact) mass is 411 g/mol. The van der Waals surface area contributed by atoms with E-state index in [4.69, 9.17) is 0 Å². The number of guanidine groups is 1. The molecule has 2 aromatic carbocycles. The molecule has 1 heterocycles. The molecule has 116 valence electrons. The number of hydrogen-bond acceptors (Lipinski definition) is 3. The molecule has 0 spiro atoms. The molecule has 1 unspecified atom stereocenters. The summed E-state index contributed by atoms with van der Waals surface area (Å²) in [6.45, 7) is 1.36. The van der Waals surface area contributed by atoms with E-state index in [1.165, 1.54) is 11.6 Å². The Morgan fingerprint density at radius 2 is 1.95 bits per heavy atom. The highest BCUT2D eigenvalue weighted by atomic mass is 127. The summed E-state index contributed by atoms with van der Waals surface area (Å²) in [6, 6.07) is 17.2. The Morgan fingerprint density at radius 3 is 2.68 bits per heavy atom. The number of hydrogen-bond donors (Lipinski definition) is 1. The number of rotatable bonds is 3. The van der Waals surface area contributed by atoms with Crippen LogP contribution in [0.3, 0.4) is 0 Å². The van der Waals surface area contributed by atoms with Gasteiger partial charge in [-0.15, -0.1) is 24.0 Å². The van der Waals surface area contributed by atoms with Gasteiger partial charge in [0.2, 0.25) is 0 Å². The molecule has 1 aliphatic heterocycles. The second-order valence-electron chi connectivity index (χ2n) is 5.26. The van der Waals surface area contributed by atoms with Gasteiger partial charge in [-0.05, 0) is 23.3 Å². The zero-order chi connectivity index (χ0) is 14.7. The molecule has 0 radical (unpaired) electrons. The molecular formula is C17H19FIN3. The van der Waals surface area contributed by atoms with E-state index in [1.807, 2.05) is 36.2 Å². The van der Waals surface area contributed by atoms with E-state index in [-0.39, 0.29) is 35.8 Å². The molecule has 1 atom stereocenters. The van der Waals surface area contributed by atoms with Gasteiger partial charge in [0, 0.05) is 13.6 Å². The maximum atomic E-state index is 13.2. The van der Waals surface area contributed by atoms with Crippen molar-refractivity contribution in [3.8, 4) is 0 Å². The third-order valence-electron chi connectivity index (χ3n) is 3.60. The first kappa shape index (κ1) is 16.7. The highest BCUT2D eigenvalue weighted by molar-refractivity contribution is 14.0. The second-order valence-corrected chi connectivity index (χ2v) is 5.26. The lowest BCUT2D eigenvalue weighted by Crippen LogP contribution is -2.36. The second kappa shape index (κ2) is 7.58. The van der Waals surface area contributed by atoms with Crippen LogP contribution < -0.4 is 5.32 Å². The van der Waals surface area contributed by atoms with Gasteiger partial charge in [-0.1, -0.05) is 42.5 Å². The summed E-state index contributed by atoms with van der Waals surface area (Å²) in [5.41, 5.74) is 2.17. The fraction of sp³-hybridized carbons (Fsp3) is 0.235. The van der Waals surface area contributed by atoms with E-state index >= 15 is 0 Å². The Labute approximate surface area is 147 Å². The maximum Gasteiger partial charge on any atom is 0.194 e. The minimum Gasteiger partial charge on any atom is -0.348 e. The van der Waals surface area contributed by atoms with Gasteiger partial charge in [0.25, 0.3) is 0 Å². The summed E-state index contributed by atoms with van der Waals surface area (Å²) in [5.74, 6) is 0.650. The number of nitrogens with one attached hydrogen (secondary N) is 1. The normalized spacial score (nSPS) is 16.5. The fourth-order valence-corrected chi connectivity index (χ4v) is 2.51. The lowest BCUT2D eigenvalue weighted by atomic mass is 10.1. The van der Waals surface area contributed by atoms with Crippen LogP contribution in [0.5, 0.6) is 0 Å². The van der Waals surface area contributed by atoms with Crippen molar-refractivity contribution in [3.05, 3.63) is 71.5 Å². The Hall–Kier alpha value is -1.63. The van der Waals surface area contributed by atoms with Crippen LogP contribution in [0.25, 0.3) is 0 Å². The zero-order valence-corrected chi connectivity index (χ0v) is 14.7. The van der Waals surface area contributed by atoms with E-state index in [0.717, 1.165) is 18.1 Å². The number of benzene rings is 2. The Balaban J connectivity index is 0.00000176. The Kier molecular flexibility index (Phi) is 5.76. The van der Waals surface area contributed by atoms with Crippen molar-refractivity contribution in [2.24, 2.45) is 4.99 Å². The average molecular weight is 411 g/mol. The summed E-state index contributed by atoms with van der Waals surface area (Å²) in [5, 5.41) is 3.42. The smallest absolute Gasteiger partial charge is 0.194 e. The van der Waals surface area contributed by atoms with Gasteiger partial charge in [-0.2, -0.15) is 0 Å². The average Bonchev–Trinajstić information content (AvgIpc) is 2.98. The summed E-state index contributed by atoms with van der Waals surface area (Å²) in [4.78, 5) is 6.56. The van der Waals surface area contributed by atoms with E-state index in [0.29, 0.717) is 6.54 Å². The number of nitrogens with zero attached hydrogens (tertiary/aromatic N) is 2. The van der Waals surface area contributed by atoms with Crippen LogP contribution in [0, 0.1) is 5.82 Å². The molecule has 0 saturated carbocycles. The molecule has 0 amide bonds. The topological polar surface area (TPSA) is 27.6 Å². The van der Waals surface area contributed by atoms with Crippen LogP contribution >= 0.6 is 24.0 Å². The minimum atomic E-state index is -0.204. The van der Waals surface area contributed by atoms with Crippen LogP contribution in [-0.4, -0.2) is 24.5 Å². The van der Waals surface area contributed by atoms with Crippen LogP contribution in [-0.2, 0) is 6.54 Å². The first-order chi connectivity index (χ1) is 10.2. The lowest BCUT2D eigenvalue weighted by molar-refractivity contribution is 0.478. The third-order valence-corrected chi connectivity index (χ3v) is 3.60. The maximum absolute atomic E-state index is 13.2. The number of halogens is 2. The van der Waals surface area contributed by atoms with E-state index in [1.54, 1.807) is 12.1 Å². The largest absolute Gasteiger partial charge is 0.348 e. The van der Waals surface area contributed by atoms with Crippen molar-refractivity contribution in [2.45, 2.75) is 12.6 Å². The van der Waals surface area contributed by atoms with Gasteiger partial charge in [0.05, 0.1) is 12.6 Å². The molecule has 3 nitrogen and oxygen atoms in total. The van der Waals surface area contributed by atoms with Gasteiger partial charge < -0.3 is 10.2 Å². The lowest BCUT2D eigenvalue weighted by Gasteiger charge is -2.21. The fourth-order valence-electron chi connectivity index (χ4n) is 2.51. The van der Waals surface area contributed by atoms with Crippen molar-refractivity contribution in [1.82, 2.24) is 10.2 Å². The van der Waals surface area contributed by atoms with E-state index in [2.05, 4.69) is 22.4 Å². The molecule has 3 rings (SSSR count). The summed E-state index contributed by atoms with van der Waals surface area (Å²) in [6.07, 6.45) is 0. The van der Waals surface area contributed by atoms with E-state index < -0.39 is 0 Å². The van der Waals surface area contributed by atoms with E-state index in [9.17, 15) is 4.39 Å². The van der Waals surface area contributed by atoms with Gasteiger partial charge in [-0.3, -0.25) is 4.99 Å². The molecule has 0 saturated heterocycles. The quantitative estimate of drug-likeness (QED) is 0.783. The van der Waals surface area contributed by atoms with Crippen molar-refractivity contribution in [2.75, 3.05) is 13.6 Å². The van der Waals surface area contributed by atoms with Crippen molar-refractivity contribution in [1.29, 1.82) is 0 Å². The molecule has 0 aromatic heterocycles. The standard InChI is InChI=1S/C17H18FN3.HI/c1-21(12-13-6-5-9-15(18)10-13)17-19-11-16(20-17)14-7-3-2-4-8-14;/h2-10,16H,11-12H2,1H3,(H,19,20);1H. The van der Waals surface area contributed by atoms with Crippen molar-refractivity contribution >= 4 is 29.9 Å². The van der Waals surface area contributed by atoms with Crippen molar-refractivity contribution in [3.63, 3.8) is 0 Å². The first-order valence-corrected chi connectivity index (χ1v) is 7.04. The molecular weight excluding hydrogens is 392 g/mol. The Bertz CT molecular complexity index is 645. The molecule has 22 heavy (non-hydrogen) atoms. The van der Waals surface area contributed by atoms with Crippen LogP contribution in [0.15, 0.2) is 59.6 Å². The zero-order valence-electron chi connectivity index (χ0n) is 12.4. The van der Waals surface area contributed by atoms with Crippen LogP contribution in [0.1, 0.15) is 17.2 Å². The molecule has 0 aliphatic carbocycles. The van der Waals surface area contributed by atoms with Crippen molar-refractivity contribution < 1.29 is 4.39 Å².